The molecule has 3 N–H and O–H groups in total. The van der Waals surface area contributed by atoms with Gasteiger partial charge in [-0.05, 0) is 25.7 Å². The van der Waals surface area contributed by atoms with Crippen LogP contribution < -0.4 is 0 Å². The molecule has 1 heterocycles. The molecule has 0 bridgehead atoms. The fourth-order valence-corrected chi connectivity index (χ4v) is 5.46. The second-order valence-electron chi connectivity index (χ2n) is 7.11. The molecule has 6 nitrogen and oxygen atoms in total. The van der Waals surface area contributed by atoms with Gasteiger partial charge in [-0.25, -0.2) is 8.42 Å². The normalized spacial score (nSPS) is 25.4. The number of aliphatic hydroxyl groups is 2. The van der Waals surface area contributed by atoms with Gasteiger partial charge >= 0.3 is 5.97 Å². The van der Waals surface area contributed by atoms with Gasteiger partial charge < -0.3 is 15.3 Å². The predicted octanol–water partition coefficient (Wildman–Crippen LogP) is 2.13. The van der Waals surface area contributed by atoms with Crippen LogP contribution in [0.2, 0.25) is 0 Å². The Bertz CT molecular complexity index is 589. The van der Waals surface area contributed by atoms with E-state index in [-0.39, 0.29) is 12.2 Å². The van der Waals surface area contributed by atoms with Crippen LogP contribution >= 0.6 is 0 Å². The van der Waals surface area contributed by atoms with Crippen LogP contribution in [0.5, 0.6) is 0 Å². The van der Waals surface area contributed by atoms with Crippen LogP contribution in [-0.4, -0.2) is 52.9 Å². The largest absolute Gasteiger partial charge is 0.481 e. The second-order valence-corrected chi connectivity index (χ2v) is 9.37. The Hall–Kier alpha value is -1.10. The van der Waals surface area contributed by atoms with Crippen LogP contribution in [0.1, 0.15) is 71.1 Å². The molecule has 1 aliphatic heterocycles. The number of sulfone groups is 1. The van der Waals surface area contributed by atoms with Crippen LogP contribution in [0.15, 0.2) is 0 Å². The molecule has 7 heteroatoms. The summed E-state index contributed by atoms with van der Waals surface area (Å²) in [6.45, 7) is 2.07. The van der Waals surface area contributed by atoms with E-state index in [1.54, 1.807) is 0 Å². The van der Waals surface area contributed by atoms with E-state index in [2.05, 4.69) is 18.8 Å². The summed E-state index contributed by atoms with van der Waals surface area (Å²) in [5.41, 5.74) is 0. The smallest absolute Gasteiger partial charge is 0.303 e. The maximum Gasteiger partial charge on any atom is 0.303 e. The molecule has 0 aromatic rings. The van der Waals surface area contributed by atoms with Crippen molar-refractivity contribution >= 4 is 15.8 Å². The number of carboxylic acids is 1. The van der Waals surface area contributed by atoms with Crippen molar-refractivity contribution < 1.29 is 28.5 Å². The van der Waals surface area contributed by atoms with E-state index >= 15 is 0 Å². The van der Waals surface area contributed by atoms with Crippen LogP contribution in [0.4, 0.5) is 0 Å². The average molecular weight is 389 g/mol. The van der Waals surface area contributed by atoms with Crippen molar-refractivity contribution in [2.24, 2.45) is 5.92 Å². The standard InChI is InChI=1S/C19H32O6S/c1-2-3-6-9-15(20)12-13-16-17(21)14-26(24,25)18(16)10-7-4-5-8-11-19(22)23/h15-18,20-21H,2-11,14H2,1H3,(H,22,23). The summed E-state index contributed by atoms with van der Waals surface area (Å²) >= 11 is 0. The molecule has 0 aromatic heterocycles. The molecule has 0 saturated carbocycles. The summed E-state index contributed by atoms with van der Waals surface area (Å²) in [7, 11) is -3.39. The summed E-state index contributed by atoms with van der Waals surface area (Å²) in [5.74, 6) is 3.80. The minimum atomic E-state index is -3.39. The maximum absolute atomic E-state index is 12.3. The quantitative estimate of drug-likeness (QED) is 0.369. The summed E-state index contributed by atoms with van der Waals surface area (Å²) in [4.78, 5) is 10.5. The predicted molar refractivity (Wildman–Crippen MR) is 100 cm³/mol. The Morgan fingerprint density at radius 3 is 2.50 bits per heavy atom. The molecule has 0 amide bonds. The van der Waals surface area contributed by atoms with E-state index in [0.29, 0.717) is 25.7 Å². The topological polar surface area (TPSA) is 112 Å². The lowest BCUT2D eigenvalue weighted by Crippen LogP contribution is -2.25. The van der Waals surface area contributed by atoms with Gasteiger partial charge in [0.15, 0.2) is 9.84 Å². The lowest BCUT2D eigenvalue weighted by Gasteiger charge is -2.15. The van der Waals surface area contributed by atoms with Gasteiger partial charge in [0.25, 0.3) is 0 Å². The first-order chi connectivity index (χ1) is 12.3. The molecule has 0 aromatic carbocycles. The first-order valence-electron chi connectivity index (χ1n) is 9.58. The molecule has 1 saturated heterocycles. The number of carboxylic acid groups (broad SMARTS) is 1. The highest BCUT2D eigenvalue weighted by atomic mass is 32.2. The van der Waals surface area contributed by atoms with Gasteiger partial charge in [0.05, 0.1) is 23.0 Å². The molecule has 0 aliphatic carbocycles. The Morgan fingerprint density at radius 1 is 1.15 bits per heavy atom. The van der Waals surface area contributed by atoms with Gasteiger partial charge in [0.2, 0.25) is 0 Å². The van der Waals surface area contributed by atoms with Crippen molar-refractivity contribution in [3.05, 3.63) is 0 Å². The van der Waals surface area contributed by atoms with E-state index in [1.807, 2.05) is 0 Å². The van der Waals surface area contributed by atoms with Gasteiger partial charge in [-0.3, -0.25) is 4.79 Å². The minimum Gasteiger partial charge on any atom is -0.481 e. The second kappa shape index (κ2) is 11.6. The van der Waals surface area contributed by atoms with Crippen molar-refractivity contribution in [2.45, 2.75) is 88.6 Å². The SMILES string of the molecule is CCCCCC(O)C#CC1C(O)CS(=O)(=O)C1CCCCCCC(=O)O. The van der Waals surface area contributed by atoms with E-state index < -0.39 is 39.2 Å². The Kier molecular flexibility index (Phi) is 10.2. The summed E-state index contributed by atoms with van der Waals surface area (Å²) in [6, 6.07) is 0. The van der Waals surface area contributed by atoms with Crippen LogP contribution in [0.3, 0.4) is 0 Å². The Morgan fingerprint density at radius 2 is 1.85 bits per heavy atom. The number of hydrogen-bond acceptors (Lipinski definition) is 5. The number of rotatable bonds is 11. The molecule has 150 valence electrons. The Balaban J connectivity index is 2.55. The van der Waals surface area contributed by atoms with Gasteiger partial charge in [-0.15, -0.1) is 0 Å². The third kappa shape index (κ3) is 8.07. The molecule has 1 rings (SSSR count). The molecule has 1 aliphatic rings. The van der Waals surface area contributed by atoms with Crippen LogP contribution in [0.25, 0.3) is 0 Å². The fraction of sp³-hybridized carbons (Fsp3) is 0.842. The first-order valence-corrected chi connectivity index (χ1v) is 11.3. The van der Waals surface area contributed by atoms with Gasteiger partial charge in [0.1, 0.15) is 6.10 Å². The molecular weight excluding hydrogens is 356 g/mol. The molecular formula is C19H32O6S. The zero-order chi connectivity index (χ0) is 19.6. The third-order valence-electron chi connectivity index (χ3n) is 4.81. The van der Waals surface area contributed by atoms with Crippen molar-refractivity contribution in [2.75, 3.05) is 5.75 Å². The molecule has 0 spiro atoms. The lowest BCUT2D eigenvalue weighted by atomic mass is 9.95. The first kappa shape index (κ1) is 22.9. The van der Waals surface area contributed by atoms with Crippen molar-refractivity contribution in [1.29, 1.82) is 0 Å². The van der Waals surface area contributed by atoms with E-state index in [9.17, 15) is 23.4 Å². The van der Waals surface area contributed by atoms with E-state index in [0.717, 1.165) is 32.1 Å². The van der Waals surface area contributed by atoms with Gasteiger partial charge in [0, 0.05) is 6.42 Å². The summed E-state index contributed by atoms with van der Waals surface area (Å²) in [6.07, 6.45) is 5.00. The number of unbranched alkanes of at least 4 members (excludes halogenated alkanes) is 5. The third-order valence-corrected chi connectivity index (χ3v) is 7.06. The Labute approximate surface area is 156 Å². The fourth-order valence-electron chi connectivity index (χ4n) is 3.31. The molecule has 1 fully saturated rings. The highest BCUT2D eigenvalue weighted by Crippen LogP contribution is 2.31. The van der Waals surface area contributed by atoms with Crippen molar-refractivity contribution in [3.63, 3.8) is 0 Å². The number of carbonyl (C=O) groups is 1. The van der Waals surface area contributed by atoms with Crippen molar-refractivity contribution in [1.82, 2.24) is 0 Å². The minimum absolute atomic E-state index is 0.129. The molecule has 4 unspecified atom stereocenters. The van der Waals surface area contributed by atoms with Gasteiger partial charge in [-0.1, -0.05) is 50.9 Å². The van der Waals surface area contributed by atoms with Crippen molar-refractivity contribution in [3.8, 4) is 11.8 Å². The highest BCUT2D eigenvalue weighted by Gasteiger charge is 2.45. The monoisotopic (exact) mass is 388 g/mol. The number of aliphatic carboxylic acids is 1. The zero-order valence-electron chi connectivity index (χ0n) is 15.6. The number of aliphatic hydroxyl groups excluding tert-OH is 2. The zero-order valence-corrected chi connectivity index (χ0v) is 16.4. The lowest BCUT2D eigenvalue weighted by molar-refractivity contribution is -0.137. The van der Waals surface area contributed by atoms with E-state index in [4.69, 9.17) is 5.11 Å². The number of hydrogen-bond donors (Lipinski definition) is 3. The van der Waals surface area contributed by atoms with Crippen LogP contribution in [0, 0.1) is 17.8 Å². The van der Waals surface area contributed by atoms with Gasteiger partial charge in [-0.2, -0.15) is 0 Å². The summed E-state index contributed by atoms with van der Waals surface area (Å²) in [5, 5.41) is 27.9. The maximum atomic E-state index is 12.3. The molecule has 26 heavy (non-hydrogen) atoms. The average Bonchev–Trinajstić information content (AvgIpc) is 2.77. The summed E-state index contributed by atoms with van der Waals surface area (Å²) < 4.78 is 24.6. The molecule has 4 atom stereocenters. The molecule has 0 radical (unpaired) electrons. The highest BCUT2D eigenvalue weighted by molar-refractivity contribution is 7.92. The van der Waals surface area contributed by atoms with Crippen LogP contribution in [-0.2, 0) is 14.6 Å². The van der Waals surface area contributed by atoms with E-state index in [1.165, 1.54) is 0 Å².